The van der Waals surface area contributed by atoms with E-state index in [-0.39, 0.29) is 5.56 Å². The molecule has 0 radical (unpaired) electrons. The summed E-state index contributed by atoms with van der Waals surface area (Å²) in [6, 6.07) is 0. The van der Waals surface area contributed by atoms with Gasteiger partial charge in [0.1, 0.15) is 5.82 Å². The zero-order valence-electron chi connectivity index (χ0n) is 11.5. The van der Waals surface area contributed by atoms with Crippen molar-refractivity contribution in [3.05, 3.63) is 27.4 Å². The second-order valence-corrected chi connectivity index (χ2v) is 5.85. The Labute approximate surface area is 114 Å². The third-order valence-electron chi connectivity index (χ3n) is 4.45. The maximum atomic E-state index is 12.1. The van der Waals surface area contributed by atoms with Gasteiger partial charge in [-0.3, -0.25) is 4.79 Å². The van der Waals surface area contributed by atoms with E-state index in [1.165, 1.54) is 44.9 Å². The normalized spacial score (nSPS) is 21.5. The lowest BCUT2D eigenvalue weighted by Crippen LogP contribution is -2.32. The van der Waals surface area contributed by atoms with Crippen molar-refractivity contribution in [2.24, 2.45) is 0 Å². The molecular formula is C15H23N3O. The molecule has 1 aliphatic heterocycles. The lowest BCUT2D eigenvalue weighted by atomic mass is 9.90. The molecule has 0 bridgehead atoms. The quantitative estimate of drug-likeness (QED) is 0.815. The van der Waals surface area contributed by atoms with Crippen LogP contribution in [0, 0.1) is 0 Å². The van der Waals surface area contributed by atoms with Crippen molar-refractivity contribution >= 4 is 0 Å². The molecule has 4 heteroatoms. The maximum Gasteiger partial charge on any atom is 0.255 e. The zero-order valence-corrected chi connectivity index (χ0v) is 11.5. The topological polar surface area (TPSA) is 57.8 Å². The highest BCUT2D eigenvalue weighted by Gasteiger charge is 2.20. The van der Waals surface area contributed by atoms with E-state index < -0.39 is 0 Å². The van der Waals surface area contributed by atoms with Gasteiger partial charge in [0.05, 0.1) is 11.3 Å². The highest BCUT2D eigenvalue weighted by molar-refractivity contribution is 5.21. The molecule has 0 spiro atoms. The fourth-order valence-electron chi connectivity index (χ4n) is 3.30. The number of hydrogen-bond acceptors (Lipinski definition) is 3. The first kappa shape index (κ1) is 12.9. The molecule has 1 aliphatic carbocycles. The minimum absolute atomic E-state index is 0.0780. The number of nitrogens with zero attached hydrogens (tertiary/aromatic N) is 1. The average Bonchev–Trinajstić information content (AvgIpc) is 2.38. The summed E-state index contributed by atoms with van der Waals surface area (Å²) in [7, 11) is 0. The number of nitrogens with one attached hydrogen (secondary N) is 2. The lowest BCUT2D eigenvalue weighted by molar-refractivity contribution is 0.439. The Morgan fingerprint density at radius 2 is 1.79 bits per heavy atom. The number of hydrogen-bond donors (Lipinski definition) is 2. The van der Waals surface area contributed by atoms with Gasteiger partial charge in [-0.2, -0.15) is 0 Å². The highest BCUT2D eigenvalue weighted by Crippen LogP contribution is 2.28. The van der Waals surface area contributed by atoms with Crippen LogP contribution in [-0.2, 0) is 13.0 Å². The van der Waals surface area contributed by atoms with Gasteiger partial charge in [0, 0.05) is 25.4 Å². The summed E-state index contributed by atoms with van der Waals surface area (Å²) in [4.78, 5) is 20.0. The van der Waals surface area contributed by atoms with Crippen molar-refractivity contribution in [1.82, 2.24) is 15.3 Å². The zero-order chi connectivity index (χ0) is 13.1. The first-order valence-electron chi connectivity index (χ1n) is 7.67. The molecule has 1 aromatic rings. The number of aromatic nitrogens is 2. The van der Waals surface area contributed by atoms with Gasteiger partial charge in [0.2, 0.25) is 0 Å². The second kappa shape index (κ2) is 5.87. The van der Waals surface area contributed by atoms with Gasteiger partial charge in [0.25, 0.3) is 5.56 Å². The van der Waals surface area contributed by atoms with Crippen molar-refractivity contribution in [3.63, 3.8) is 0 Å². The predicted octanol–water partition coefficient (Wildman–Crippen LogP) is 2.24. The molecule has 3 rings (SSSR count). The molecule has 4 nitrogen and oxygen atoms in total. The average molecular weight is 261 g/mol. The van der Waals surface area contributed by atoms with Crippen molar-refractivity contribution in [2.45, 2.75) is 63.8 Å². The van der Waals surface area contributed by atoms with Crippen LogP contribution in [0.2, 0.25) is 0 Å². The largest absolute Gasteiger partial charge is 0.312 e. The van der Waals surface area contributed by atoms with Gasteiger partial charge in [-0.05, 0) is 12.8 Å². The van der Waals surface area contributed by atoms with Crippen molar-refractivity contribution < 1.29 is 0 Å². The number of fused-ring (bicyclic) bond motifs is 1. The summed E-state index contributed by atoms with van der Waals surface area (Å²) in [5.74, 6) is 1.42. The molecule has 104 valence electrons. The van der Waals surface area contributed by atoms with Gasteiger partial charge in [0.15, 0.2) is 0 Å². The second-order valence-electron chi connectivity index (χ2n) is 5.85. The van der Waals surface area contributed by atoms with Gasteiger partial charge >= 0.3 is 0 Å². The smallest absolute Gasteiger partial charge is 0.255 e. The van der Waals surface area contributed by atoms with Gasteiger partial charge in [-0.15, -0.1) is 0 Å². The number of aromatic amines is 1. The Bertz CT molecular complexity index is 487. The molecule has 2 heterocycles. The Kier molecular flexibility index (Phi) is 3.97. The molecule has 1 saturated carbocycles. The van der Waals surface area contributed by atoms with E-state index in [4.69, 9.17) is 4.98 Å². The SMILES string of the molecule is O=c1[nH]c(C2CCCCCCC2)nc2c1CNCC2. The van der Waals surface area contributed by atoms with Crippen LogP contribution >= 0.6 is 0 Å². The molecule has 0 unspecified atom stereocenters. The van der Waals surface area contributed by atoms with Crippen LogP contribution in [0.5, 0.6) is 0 Å². The van der Waals surface area contributed by atoms with Gasteiger partial charge in [-0.1, -0.05) is 32.1 Å². The first-order chi connectivity index (χ1) is 9.34. The molecule has 2 aliphatic rings. The highest BCUT2D eigenvalue weighted by atomic mass is 16.1. The Morgan fingerprint density at radius 3 is 2.58 bits per heavy atom. The fraction of sp³-hybridized carbons (Fsp3) is 0.733. The van der Waals surface area contributed by atoms with Crippen molar-refractivity contribution in [3.8, 4) is 0 Å². The summed E-state index contributed by atoms with van der Waals surface area (Å²) in [5.41, 5.74) is 1.95. The molecule has 0 atom stereocenters. The molecule has 19 heavy (non-hydrogen) atoms. The summed E-state index contributed by atoms with van der Waals surface area (Å²) in [6.45, 7) is 1.61. The van der Waals surface area contributed by atoms with E-state index in [0.29, 0.717) is 12.5 Å². The maximum absolute atomic E-state index is 12.1. The number of rotatable bonds is 1. The molecular weight excluding hydrogens is 238 g/mol. The van der Waals surface area contributed by atoms with Gasteiger partial charge in [-0.25, -0.2) is 4.98 Å². The lowest BCUT2D eigenvalue weighted by Gasteiger charge is -2.21. The van der Waals surface area contributed by atoms with E-state index in [1.54, 1.807) is 0 Å². The minimum atomic E-state index is 0.0780. The fourth-order valence-corrected chi connectivity index (χ4v) is 3.30. The van der Waals surface area contributed by atoms with Crippen LogP contribution in [-0.4, -0.2) is 16.5 Å². The first-order valence-corrected chi connectivity index (χ1v) is 7.67. The van der Waals surface area contributed by atoms with Crippen LogP contribution in [0.3, 0.4) is 0 Å². The minimum Gasteiger partial charge on any atom is -0.312 e. The van der Waals surface area contributed by atoms with E-state index in [2.05, 4.69) is 10.3 Å². The van der Waals surface area contributed by atoms with E-state index in [1.807, 2.05) is 0 Å². The summed E-state index contributed by atoms with van der Waals surface area (Å²) >= 11 is 0. The standard InChI is InChI=1S/C15H23N3O/c19-15-12-10-16-9-8-13(12)17-14(18-15)11-6-4-2-1-3-5-7-11/h11,16H,1-10H2,(H,17,18,19). The third kappa shape index (κ3) is 2.89. The molecule has 2 N–H and O–H groups in total. The summed E-state index contributed by atoms with van der Waals surface area (Å²) in [6.07, 6.45) is 9.82. The van der Waals surface area contributed by atoms with E-state index in [0.717, 1.165) is 30.0 Å². The molecule has 1 fully saturated rings. The van der Waals surface area contributed by atoms with Crippen LogP contribution in [0.1, 0.15) is 67.9 Å². The van der Waals surface area contributed by atoms with Gasteiger partial charge < -0.3 is 10.3 Å². The third-order valence-corrected chi connectivity index (χ3v) is 4.45. The Balaban J connectivity index is 1.87. The Morgan fingerprint density at radius 1 is 1.05 bits per heavy atom. The summed E-state index contributed by atoms with van der Waals surface area (Å²) in [5, 5.41) is 3.24. The van der Waals surface area contributed by atoms with Crippen molar-refractivity contribution in [2.75, 3.05) is 6.54 Å². The predicted molar refractivity (Wildman–Crippen MR) is 75.3 cm³/mol. The monoisotopic (exact) mass is 261 g/mol. The number of H-pyrrole nitrogens is 1. The molecule has 0 aromatic carbocycles. The van der Waals surface area contributed by atoms with E-state index in [9.17, 15) is 4.79 Å². The molecule has 1 aromatic heterocycles. The van der Waals surface area contributed by atoms with Crippen LogP contribution in [0.4, 0.5) is 0 Å². The Hall–Kier alpha value is -1.16. The molecule has 0 saturated heterocycles. The summed E-state index contributed by atoms with van der Waals surface area (Å²) < 4.78 is 0. The van der Waals surface area contributed by atoms with Crippen LogP contribution in [0.15, 0.2) is 4.79 Å². The van der Waals surface area contributed by atoms with E-state index >= 15 is 0 Å². The molecule has 0 amide bonds. The van der Waals surface area contributed by atoms with Crippen LogP contribution < -0.4 is 10.9 Å². The van der Waals surface area contributed by atoms with Crippen molar-refractivity contribution in [1.29, 1.82) is 0 Å². The van der Waals surface area contributed by atoms with Crippen LogP contribution in [0.25, 0.3) is 0 Å².